The summed E-state index contributed by atoms with van der Waals surface area (Å²) in [5, 5.41) is 18.2. The van der Waals surface area contributed by atoms with Gasteiger partial charge in [-0.05, 0) is 92.8 Å². The van der Waals surface area contributed by atoms with E-state index in [9.17, 15) is 19.5 Å². The highest BCUT2D eigenvalue weighted by atomic mass is 32.2. The molecule has 2 amide bonds. The van der Waals surface area contributed by atoms with Gasteiger partial charge in [0.1, 0.15) is 22.8 Å². The number of nitrogens with zero attached hydrogens (tertiary/aromatic N) is 1. The number of benzene rings is 2. The van der Waals surface area contributed by atoms with Gasteiger partial charge < -0.3 is 19.7 Å². The maximum absolute atomic E-state index is 13.0. The first kappa shape index (κ1) is 23.7. The largest absolute Gasteiger partial charge is 0.511 e. The van der Waals surface area contributed by atoms with Crippen LogP contribution in [0.2, 0.25) is 0 Å². The molecule has 0 aromatic heterocycles. The molecule has 1 fully saturated rings. The summed E-state index contributed by atoms with van der Waals surface area (Å²) in [5.74, 6) is 0.706. The molecule has 2 aliphatic rings. The number of ether oxygens (including phenoxy) is 2. The Bertz CT molecular complexity index is 1240. The number of carbonyl (C=O) groups is 3. The third-order valence-corrected chi connectivity index (χ3v) is 7.22. The number of hydrogen-bond acceptors (Lipinski definition) is 7. The molecule has 0 spiro atoms. The molecule has 2 aromatic carbocycles. The zero-order valence-electron chi connectivity index (χ0n) is 19.3. The highest BCUT2D eigenvalue weighted by Crippen LogP contribution is 2.45. The number of rotatable bonds is 4. The van der Waals surface area contributed by atoms with Crippen molar-refractivity contribution in [1.29, 1.82) is 0 Å². The second kappa shape index (κ2) is 8.72. The molecule has 2 N–H and O–H groups in total. The Morgan fingerprint density at radius 1 is 1.18 bits per heavy atom. The first-order valence-electron chi connectivity index (χ1n) is 10.8. The molecule has 2 aliphatic heterocycles. The van der Waals surface area contributed by atoms with E-state index in [0.29, 0.717) is 45.9 Å². The Hall–Kier alpha value is -3.46. The fourth-order valence-electron chi connectivity index (χ4n) is 4.33. The van der Waals surface area contributed by atoms with Gasteiger partial charge in [0.25, 0.3) is 11.1 Å². The lowest BCUT2D eigenvalue weighted by molar-refractivity contribution is -0.124. The fourth-order valence-corrected chi connectivity index (χ4v) is 5.16. The van der Waals surface area contributed by atoms with Crippen LogP contribution in [0.1, 0.15) is 41.2 Å². The molecule has 8 nitrogen and oxygen atoms in total. The molecule has 2 aromatic rings. The minimum absolute atomic E-state index is 0.0922. The van der Waals surface area contributed by atoms with Crippen molar-refractivity contribution in [2.24, 2.45) is 0 Å². The van der Waals surface area contributed by atoms with E-state index >= 15 is 0 Å². The third-order valence-electron chi connectivity index (χ3n) is 6.31. The monoisotopic (exact) mass is 483 g/mol. The van der Waals surface area contributed by atoms with Crippen LogP contribution >= 0.6 is 11.8 Å². The van der Waals surface area contributed by atoms with E-state index in [4.69, 9.17) is 14.6 Å². The molecular weight excluding hydrogens is 458 g/mol. The number of phenols is 1. The van der Waals surface area contributed by atoms with E-state index in [0.717, 1.165) is 22.9 Å². The van der Waals surface area contributed by atoms with Crippen LogP contribution in [0.5, 0.6) is 17.2 Å². The van der Waals surface area contributed by atoms with E-state index in [1.54, 1.807) is 32.1 Å². The first-order chi connectivity index (χ1) is 16.0. The van der Waals surface area contributed by atoms with Crippen LogP contribution in [0.3, 0.4) is 0 Å². The normalized spacial score (nSPS) is 20.9. The number of hydrogen-bond donors (Lipinski definition) is 2. The molecule has 34 heavy (non-hydrogen) atoms. The van der Waals surface area contributed by atoms with Crippen LogP contribution in [0.15, 0.2) is 29.2 Å². The van der Waals surface area contributed by atoms with Crippen LogP contribution in [0.25, 0.3) is 6.08 Å². The van der Waals surface area contributed by atoms with Gasteiger partial charge in [0.15, 0.2) is 0 Å². The summed E-state index contributed by atoms with van der Waals surface area (Å²) in [6.45, 7) is 7.39. The van der Waals surface area contributed by atoms with Crippen molar-refractivity contribution >= 4 is 35.1 Å². The van der Waals surface area contributed by atoms with Crippen LogP contribution in [-0.2, 0) is 11.2 Å². The van der Waals surface area contributed by atoms with Crippen molar-refractivity contribution in [2.75, 3.05) is 6.54 Å². The molecule has 1 saturated heterocycles. The fraction of sp³-hybridized carbons (Fsp3) is 0.320. The highest BCUT2D eigenvalue weighted by molar-refractivity contribution is 8.18. The quantitative estimate of drug-likeness (QED) is 0.347. The Labute approximate surface area is 201 Å². The van der Waals surface area contributed by atoms with Gasteiger partial charge in [-0.3, -0.25) is 14.5 Å². The van der Waals surface area contributed by atoms with Crippen molar-refractivity contribution < 1.29 is 34.1 Å². The van der Waals surface area contributed by atoms with Crippen molar-refractivity contribution in [3.63, 3.8) is 0 Å². The number of imide groups is 1. The minimum Gasteiger partial charge on any atom is -0.508 e. The number of thioether (sulfide) groups is 1. The number of aromatic hydroxyl groups is 1. The lowest BCUT2D eigenvalue weighted by atomic mass is 9.87. The second-order valence-electron chi connectivity index (χ2n) is 8.79. The molecule has 0 bridgehead atoms. The van der Waals surface area contributed by atoms with Gasteiger partial charge in [-0.1, -0.05) is 12.1 Å². The average molecular weight is 484 g/mol. The SMILES string of the molecule is Cc1c(C)c2c(c(C)c1OC(=O)O)CCC(C)(CN1C(=O)SC(=Cc3ccc(O)cc3)C1=O)O2. The van der Waals surface area contributed by atoms with E-state index in [1.165, 1.54) is 17.0 Å². The Balaban J connectivity index is 1.58. The average Bonchev–Trinajstić information content (AvgIpc) is 3.03. The van der Waals surface area contributed by atoms with Crippen LogP contribution in [0, 0.1) is 20.8 Å². The summed E-state index contributed by atoms with van der Waals surface area (Å²) in [4.78, 5) is 38.3. The van der Waals surface area contributed by atoms with Gasteiger partial charge in [-0.2, -0.15) is 0 Å². The number of amides is 2. The van der Waals surface area contributed by atoms with Gasteiger partial charge in [0, 0.05) is 5.56 Å². The van der Waals surface area contributed by atoms with Crippen LogP contribution in [-0.4, -0.2) is 44.6 Å². The van der Waals surface area contributed by atoms with Crippen molar-refractivity contribution in [2.45, 2.75) is 46.1 Å². The van der Waals surface area contributed by atoms with E-state index in [-0.39, 0.29) is 23.4 Å². The molecule has 2 heterocycles. The summed E-state index contributed by atoms with van der Waals surface area (Å²) in [6.07, 6.45) is 1.39. The molecule has 0 aliphatic carbocycles. The number of carboxylic acid groups (broad SMARTS) is 1. The van der Waals surface area contributed by atoms with E-state index < -0.39 is 11.8 Å². The van der Waals surface area contributed by atoms with Gasteiger partial charge in [-0.15, -0.1) is 0 Å². The van der Waals surface area contributed by atoms with Gasteiger partial charge in [-0.25, -0.2) is 4.79 Å². The predicted octanol–water partition coefficient (Wildman–Crippen LogP) is 5.19. The van der Waals surface area contributed by atoms with E-state index in [2.05, 4.69) is 0 Å². The molecule has 9 heteroatoms. The number of fused-ring (bicyclic) bond motifs is 1. The third kappa shape index (κ3) is 4.35. The lowest BCUT2D eigenvalue weighted by Gasteiger charge is -2.39. The van der Waals surface area contributed by atoms with Gasteiger partial charge >= 0.3 is 6.16 Å². The molecule has 0 radical (unpaired) electrons. The standard InChI is InChI=1S/C25H25NO7S/c1-13-14(2)21-18(15(3)20(13)32-24(30)31)9-10-25(4,33-21)12-26-22(28)19(34-23(26)29)11-16-5-7-17(27)8-6-16/h5-8,11,27H,9-10,12H2,1-4H3,(H,30,31). The summed E-state index contributed by atoms with van der Waals surface area (Å²) in [5.41, 5.74) is 2.93. The zero-order valence-corrected chi connectivity index (χ0v) is 20.1. The molecule has 0 saturated carbocycles. The Morgan fingerprint density at radius 3 is 2.50 bits per heavy atom. The minimum atomic E-state index is -1.37. The van der Waals surface area contributed by atoms with Crippen LogP contribution in [0.4, 0.5) is 9.59 Å². The smallest absolute Gasteiger partial charge is 0.508 e. The van der Waals surface area contributed by atoms with Crippen molar-refractivity contribution in [3.8, 4) is 17.2 Å². The van der Waals surface area contributed by atoms with E-state index in [1.807, 2.05) is 13.8 Å². The van der Waals surface area contributed by atoms with Gasteiger partial charge in [0.05, 0.1) is 11.4 Å². The summed E-state index contributed by atoms with van der Waals surface area (Å²) >= 11 is 0.878. The maximum atomic E-state index is 13.0. The first-order valence-corrected chi connectivity index (χ1v) is 11.6. The lowest BCUT2D eigenvalue weighted by Crippen LogP contribution is -2.49. The topological polar surface area (TPSA) is 113 Å². The molecule has 4 rings (SSSR count). The molecule has 1 unspecified atom stereocenters. The molecular formula is C25H25NO7S. The maximum Gasteiger partial charge on any atom is 0.511 e. The zero-order chi connectivity index (χ0) is 24.8. The van der Waals surface area contributed by atoms with Crippen molar-refractivity contribution in [3.05, 3.63) is 57.0 Å². The number of phenolic OH excluding ortho intramolecular Hbond substituents is 1. The molecule has 178 valence electrons. The molecule has 1 atom stereocenters. The highest BCUT2D eigenvalue weighted by Gasteiger charge is 2.43. The van der Waals surface area contributed by atoms with Crippen LogP contribution < -0.4 is 9.47 Å². The summed E-state index contributed by atoms with van der Waals surface area (Å²) in [6, 6.07) is 6.37. The van der Waals surface area contributed by atoms with Gasteiger partial charge in [0.2, 0.25) is 0 Å². The second-order valence-corrected chi connectivity index (χ2v) is 9.78. The summed E-state index contributed by atoms with van der Waals surface area (Å²) < 4.78 is 11.4. The Kier molecular flexibility index (Phi) is 6.07. The predicted molar refractivity (Wildman–Crippen MR) is 127 cm³/mol. The van der Waals surface area contributed by atoms with Crippen molar-refractivity contribution in [1.82, 2.24) is 4.90 Å². The Morgan fingerprint density at radius 2 is 1.85 bits per heavy atom. The number of carbonyl (C=O) groups excluding carboxylic acids is 2. The summed E-state index contributed by atoms with van der Waals surface area (Å²) in [7, 11) is 0.